The maximum Gasteiger partial charge on any atom is 0.322 e. The van der Waals surface area contributed by atoms with Crippen LogP contribution < -0.4 is 0 Å². The average molecular weight is 317 g/mol. The lowest BCUT2D eigenvalue weighted by Crippen LogP contribution is -2.32. The second-order valence-corrected chi connectivity index (χ2v) is 7.66. The fourth-order valence-corrected chi connectivity index (χ4v) is 2.60. The fourth-order valence-electron chi connectivity index (χ4n) is 1.70. The molecule has 1 aliphatic rings. The van der Waals surface area contributed by atoms with E-state index in [1.54, 1.807) is 20.8 Å². The Morgan fingerprint density at radius 1 is 1.19 bits per heavy atom. The van der Waals surface area contributed by atoms with Gasteiger partial charge in [-0.2, -0.15) is 8.42 Å². The van der Waals surface area contributed by atoms with Crippen molar-refractivity contribution in [3.8, 4) is 0 Å². The van der Waals surface area contributed by atoms with Gasteiger partial charge in [0.05, 0.1) is 12.2 Å². The van der Waals surface area contributed by atoms with E-state index in [0.717, 1.165) is 17.1 Å². The molecular weight excluding hydrogens is 298 g/mol. The minimum atomic E-state index is -4.00. The van der Waals surface area contributed by atoms with Gasteiger partial charge in [-0.1, -0.05) is 20.8 Å². The molecule has 0 radical (unpaired) electrons. The summed E-state index contributed by atoms with van der Waals surface area (Å²) in [5.74, 6) is -2.18. The van der Waals surface area contributed by atoms with Crippen LogP contribution in [0.5, 0.6) is 0 Å². The van der Waals surface area contributed by atoms with Crippen LogP contribution in [0.3, 0.4) is 0 Å². The van der Waals surface area contributed by atoms with E-state index in [1.807, 2.05) is 0 Å². The maximum absolute atomic E-state index is 11.6. The van der Waals surface area contributed by atoms with E-state index in [-0.39, 0.29) is 24.8 Å². The van der Waals surface area contributed by atoms with Gasteiger partial charge in [0.15, 0.2) is 0 Å². The Hall–Kier alpha value is -1.70. The minimum absolute atomic E-state index is 0.0146. The van der Waals surface area contributed by atoms with Crippen molar-refractivity contribution in [3.05, 3.63) is 12.2 Å². The molecule has 0 atom stereocenters. The van der Waals surface area contributed by atoms with Crippen LogP contribution in [0, 0.1) is 5.41 Å². The Morgan fingerprint density at radius 3 is 2.19 bits per heavy atom. The second kappa shape index (κ2) is 6.38. The summed E-state index contributed by atoms with van der Waals surface area (Å²) in [5, 5.41) is 0. The minimum Gasteiger partial charge on any atom is -0.346 e. The van der Waals surface area contributed by atoms with Crippen LogP contribution in [0.15, 0.2) is 12.2 Å². The van der Waals surface area contributed by atoms with E-state index < -0.39 is 33.7 Å². The van der Waals surface area contributed by atoms with Gasteiger partial charge in [-0.15, -0.1) is 0 Å². The van der Waals surface area contributed by atoms with E-state index in [9.17, 15) is 22.8 Å². The molecule has 0 N–H and O–H groups in total. The zero-order valence-electron chi connectivity index (χ0n) is 12.3. The first-order valence-electron chi connectivity index (χ1n) is 6.49. The molecule has 7 nitrogen and oxygen atoms in total. The first-order valence-corrected chi connectivity index (χ1v) is 8.06. The van der Waals surface area contributed by atoms with Gasteiger partial charge in [0, 0.05) is 18.7 Å². The summed E-state index contributed by atoms with van der Waals surface area (Å²) >= 11 is 0. The lowest BCUT2D eigenvalue weighted by Gasteiger charge is -2.16. The third-order valence-corrected chi connectivity index (χ3v) is 3.80. The third kappa shape index (κ3) is 6.07. The number of amides is 2. The van der Waals surface area contributed by atoms with Crippen LogP contribution in [-0.2, 0) is 28.7 Å². The molecule has 21 heavy (non-hydrogen) atoms. The summed E-state index contributed by atoms with van der Waals surface area (Å²) in [6.07, 6.45) is 2.25. The summed E-state index contributed by atoms with van der Waals surface area (Å²) in [4.78, 5) is 34.9. The van der Waals surface area contributed by atoms with E-state index in [4.69, 9.17) is 0 Å². The molecule has 2 amide bonds. The highest BCUT2D eigenvalue weighted by Gasteiger charge is 2.25. The van der Waals surface area contributed by atoms with E-state index in [2.05, 4.69) is 4.18 Å². The number of rotatable bonds is 6. The van der Waals surface area contributed by atoms with Crippen LogP contribution in [0.2, 0.25) is 0 Å². The van der Waals surface area contributed by atoms with Crippen molar-refractivity contribution in [2.45, 2.75) is 33.6 Å². The SMILES string of the molecule is CC(C)(C)CC(=O)OS(=O)(=O)CCCN1C(=O)C=CC1=O. The number of nitrogens with zero attached hydrogens (tertiary/aromatic N) is 1. The molecule has 0 spiro atoms. The predicted molar refractivity (Wildman–Crippen MR) is 74.4 cm³/mol. The zero-order valence-corrected chi connectivity index (χ0v) is 13.1. The molecule has 0 saturated carbocycles. The summed E-state index contributed by atoms with van der Waals surface area (Å²) in [6.45, 7) is 5.34. The molecule has 1 heterocycles. The zero-order chi connectivity index (χ0) is 16.3. The second-order valence-electron chi connectivity index (χ2n) is 5.97. The molecule has 0 aromatic heterocycles. The largest absolute Gasteiger partial charge is 0.346 e. The third-order valence-electron chi connectivity index (χ3n) is 2.57. The number of imide groups is 1. The lowest BCUT2D eigenvalue weighted by atomic mass is 9.93. The van der Waals surface area contributed by atoms with Crippen LogP contribution >= 0.6 is 0 Å². The molecule has 0 aliphatic carbocycles. The monoisotopic (exact) mass is 317 g/mol. The number of hydrogen-bond acceptors (Lipinski definition) is 6. The van der Waals surface area contributed by atoms with Gasteiger partial charge in [0.25, 0.3) is 11.8 Å². The van der Waals surface area contributed by atoms with Crippen LogP contribution in [-0.4, -0.2) is 43.4 Å². The molecule has 1 rings (SSSR count). The number of carbonyl (C=O) groups is 3. The first kappa shape index (κ1) is 17.4. The summed E-state index contributed by atoms with van der Waals surface area (Å²) in [6, 6.07) is 0. The van der Waals surface area contributed by atoms with Crippen LogP contribution in [0.1, 0.15) is 33.6 Å². The van der Waals surface area contributed by atoms with Gasteiger partial charge in [-0.05, 0) is 11.8 Å². The van der Waals surface area contributed by atoms with Crippen molar-refractivity contribution < 1.29 is 27.0 Å². The quantitative estimate of drug-likeness (QED) is 0.526. The van der Waals surface area contributed by atoms with Crippen molar-refractivity contribution in [2.24, 2.45) is 5.41 Å². The van der Waals surface area contributed by atoms with E-state index in [1.165, 1.54) is 0 Å². The van der Waals surface area contributed by atoms with Gasteiger partial charge < -0.3 is 4.18 Å². The Morgan fingerprint density at radius 2 is 1.71 bits per heavy atom. The molecule has 8 heteroatoms. The van der Waals surface area contributed by atoms with Gasteiger partial charge in [-0.25, -0.2) is 0 Å². The Balaban J connectivity index is 2.42. The highest BCUT2D eigenvalue weighted by molar-refractivity contribution is 7.87. The van der Waals surface area contributed by atoms with Gasteiger partial charge in [-0.3, -0.25) is 19.3 Å². The van der Waals surface area contributed by atoms with Crippen molar-refractivity contribution in [1.82, 2.24) is 4.90 Å². The maximum atomic E-state index is 11.6. The highest BCUT2D eigenvalue weighted by Crippen LogP contribution is 2.19. The molecule has 0 fully saturated rings. The topological polar surface area (TPSA) is 97.8 Å². The molecule has 0 saturated heterocycles. The summed E-state index contributed by atoms with van der Waals surface area (Å²) in [5.41, 5.74) is -0.368. The van der Waals surface area contributed by atoms with Crippen LogP contribution in [0.4, 0.5) is 0 Å². The summed E-state index contributed by atoms with van der Waals surface area (Å²) in [7, 11) is -4.00. The first-order chi connectivity index (χ1) is 9.50. The molecule has 118 valence electrons. The van der Waals surface area contributed by atoms with Gasteiger partial charge in [0.2, 0.25) is 0 Å². The Kier molecular flexibility index (Phi) is 5.27. The molecule has 0 bridgehead atoms. The Bertz CT molecular complexity index is 552. The van der Waals surface area contributed by atoms with E-state index >= 15 is 0 Å². The molecular formula is C13H19NO6S. The van der Waals surface area contributed by atoms with Crippen molar-refractivity contribution in [3.63, 3.8) is 0 Å². The van der Waals surface area contributed by atoms with Crippen molar-refractivity contribution >= 4 is 27.9 Å². The Labute approximate surface area is 124 Å². The number of hydrogen-bond donors (Lipinski definition) is 0. The molecule has 0 aromatic carbocycles. The van der Waals surface area contributed by atoms with Crippen molar-refractivity contribution in [1.29, 1.82) is 0 Å². The van der Waals surface area contributed by atoms with Crippen LogP contribution in [0.25, 0.3) is 0 Å². The smallest absolute Gasteiger partial charge is 0.322 e. The highest BCUT2D eigenvalue weighted by atomic mass is 32.2. The van der Waals surface area contributed by atoms with Crippen molar-refractivity contribution in [2.75, 3.05) is 12.3 Å². The number of carbonyl (C=O) groups excluding carboxylic acids is 3. The van der Waals surface area contributed by atoms with E-state index in [0.29, 0.717) is 0 Å². The molecule has 0 aromatic rings. The average Bonchev–Trinajstić information content (AvgIpc) is 2.56. The standard InChI is InChI=1S/C13H19NO6S/c1-13(2,3)9-12(17)20-21(18,19)8-4-7-14-10(15)5-6-11(14)16/h5-6H,4,7-9H2,1-3H3. The van der Waals surface area contributed by atoms with Gasteiger partial charge in [0.1, 0.15) is 0 Å². The lowest BCUT2D eigenvalue weighted by molar-refractivity contribution is -0.138. The fraction of sp³-hybridized carbons (Fsp3) is 0.615. The normalized spacial score (nSPS) is 15.7. The summed E-state index contributed by atoms with van der Waals surface area (Å²) < 4.78 is 27.7. The predicted octanol–water partition coefficient (Wildman–Crippen LogP) is 0.611. The molecule has 1 aliphatic heterocycles. The molecule has 0 unspecified atom stereocenters. The van der Waals surface area contributed by atoms with Gasteiger partial charge >= 0.3 is 16.1 Å².